The van der Waals surface area contributed by atoms with Crippen LogP contribution in [0.15, 0.2) is 60.0 Å². The normalized spacial score (nSPS) is 10.8. The topological polar surface area (TPSA) is 91.6 Å². The maximum absolute atomic E-state index is 11.9. The van der Waals surface area contributed by atoms with Gasteiger partial charge in [0.2, 0.25) is 0 Å². The largest absolute Gasteiger partial charge is 0.487 e. The van der Waals surface area contributed by atoms with Crippen LogP contribution >= 0.6 is 11.3 Å². The molecule has 0 saturated carbocycles. The molecule has 148 valence electrons. The van der Waals surface area contributed by atoms with Crippen LogP contribution < -0.4 is 4.74 Å². The molecule has 0 bridgehead atoms. The zero-order valence-corrected chi connectivity index (χ0v) is 16.4. The molecule has 3 rings (SSSR count). The number of aromatic nitrogens is 1. The first-order valence-corrected chi connectivity index (χ1v) is 9.59. The number of nitrogens with zero attached hydrogens (tertiary/aromatic N) is 2. The molecule has 0 amide bonds. The predicted octanol–water partition coefficient (Wildman–Crippen LogP) is 4.70. The van der Waals surface area contributed by atoms with Gasteiger partial charge in [0.1, 0.15) is 19.0 Å². The number of hydrogen-bond acceptors (Lipinski definition) is 7. The molecule has 0 aliphatic heterocycles. The molecular weight excluding hydrogens is 392 g/mol. The number of ether oxygens (including phenoxy) is 2. The number of non-ortho nitro benzene ring substituents is 1. The summed E-state index contributed by atoms with van der Waals surface area (Å²) in [7, 11) is 0. The number of carbonyl (C=O) groups excluding carboxylic acids is 1. The standard InChI is InChI=1S/C21H18N2O5S/c1-15-22-18(14-29-15)13-27-20-7-3-4-16(11-20)8-9-21(24)28-12-17-5-2-6-19(10-17)23(25)26/h2-11,14H,12-13H2,1H3/b9-8+. The maximum Gasteiger partial charge on any atom is 0.331 e. The van der Waals surface area contributed by atoms with E-state index in [1.165, 1.54) is 18.2 Å². The monoisotopic (exact) mass is 410 g/mol. The van der Waals surface area contributed by atoms with E-state index < -0.39 is 10.9 Å². The molecule has 1 heterocycles. The Labute approximate surface area is 171 Å². The Morgan fingerprint density at radius 2 is 2.03 bits per heavy atom. The Bertz CT molecular complexity index is 1040. The summed E-state index contributed by atoms with van der Waals surface area (Å²) >= 11 is 1.57. The van der Waals surface area contributed by atoms with Gasteiger partial charge in [0, 0.05) is 23.6 Å². The number of hydrogen-bond donors (Lipinski definition) is 0. The number of aryl methyl sites for hydroxylation is 1. The van der Waals surface area contributed by atoms with E-state index in [-0.39, 0.29) is 12.3 Å². The first kappa shape index (κ1) is 20.2. The van der Waals surface area contributed by atoms with Crippen LogP contribution in [0.5, 0.6) is 5.75 Å². The highest BCUT2D eigenvalue weighted by atomic mass is 32.1. The lowest BCUT2D eigenvalue weighted by molar-refractivity contribution is -0.384. The minimum Gasteiger partial charge on any atom is -0.487 e. The fourth-order valence-corrected chi connectivity index (χ4v) is 3.06. The summed E-state index contributed by atoms with van der Waals surface area (Å²) in [5.41, 5.74) is 2.16. The van der Waals surface area contributed by atoms with Gasteiger partial charge in [-0.25, -0.2) is 9.78 Å². The molecule has 0 aliphatic rings. The molecule has 0 radical (unpaired) electrons. The van der Waals surface area contributed by atoms with Gasteiger partial charge < -0.3 is 9.47 Å². The van der Waals surface area contributed by atoms with Crippen molar-refractivity contribution in [2.75, 3.05) is 0 Å². The minimum atomic E-state index is -0.541. The fraction of sp³-hybridized carbons (Fsp3) is 0.143. The summed E-state index contributed by atoms with van der Waals surface area (Å²) in [6, 6.07) is 13.3. The summed E-state index contributed by atoms with van der Waals surface area (Å²) in [5, 5.41) is 13.7. The van der Waals surface area contributed by atoms with Crippen molar-refractivity contribution >= 4 is 29.1 Å². The second kappa shape index (κ2) is 9.61. The summed E-state index contributed by atoms with van der Waals surface area (Å²) in [6.07, 6.45) is 2.93. The first-order chi connectivity index (χ1) is 14.0. The van der Waals surface area contributed by atoms with Crippen LogP contribution in [0.1, 0.15) is 21.8 Å². The minimum absolute atomic E-state index is 0.0406. The third kappa shape index (κ3) is 6.25. The van der Waals surface area contributed by atoms with E-state index in [1.54, 1.807) is 29.5 Å². The van der Waals surface area contributed by atoms with Crippen molar-refractivity contribution in [1.29, 1.82) is 0 Å². The van der Waals surface area contributed by atoms with Crippen LogP contribution in [0.2, 0.25) is 0 Å². The van der Waals surface area contributed by atoms with Crippen LogP contribution in [0.3, 0.4) is 0 Å². The van der Waals surface area contributed by atoms with Crippen molar-refractivity contribution in [1.82, 2.24) is 4.98 Å². The summed E-state index contributed by atoms with van der Waals surface area (Å²) in [4.78, 5) is 26.6. The first-order valence-electron chi connectivity index (χ1n) is 8.71. The number of nitro benzene ring substituents is 1. The van der Waals surface area contributed by atoms with Gasteiger partial charge in [-0.3, -0.25) is 10.1 Å². The van der Waals surface area contributed by atoms with Crippen LogP contribution in [0.25, 0.3) is 6.08 Å². The molecule has 0 aliphatic carbocycles. The molecule has 1 aromatic heterocycles. The average Bonchev–Trinajstić information content (AvgIpc) is 3.15. The van der Waals surface area contributed by atoms with Crippen molar-refractivity contribution in [2.24, 2.45) is 0 Å². The van der Waals surface area contributed by atoms with E-state index in [1.807, 2.05) is 36.6 Å². The van der Waals surface area contributed by atoms with Gasteiger partial charge in [0.25, 0.3) is 5.69 Å². The molecule has 0 fully saturated rings. The Morgan fingerprint density at radius 1 is 1.21 bits per heavy atom. The third-order valence-electron chi connectivity index (χ3n) is 3.83. The molecule has 2 aromatic carbocycles. The highest BCUT2D eigenvalue weighted by Gasteiger charge is 2.07. The number of esters is 1. The average molecular weight is 410 g/mol. The van der Waals surface area contributed by atoms with Gasteiger partial charge in [-0.15, -0.1) is 11.3 Å². The fourth-order valence-electron chi connectivity index (χ4n) is 2.47. The number of rotatable bonds is 8. The lowest BCUT2D eigenvalue weighted by Gasteiger charge is -2.05. The number of carbonyl (C=O) groups is 1. The lowest BCUT2D eigenvalue weighted by atomic mass is 10.2. The van der Waals surface area contributed by atoms with E-state index in [9.17, 15) is 14.9 Å². The van der Waals surface area contributed by atoms with Gasteiger partial charge >= 0.3 is 5.97 Å². The Kier molecular flexibility index (Phi) is 6.70. The molecule has 0 spiro atoms. The maximum atomic E-state index is 11.9. The van der Waals surface area contributed by atoms with E-state index in [2.05, 4.69) is 4.98 Å². The molecule has 0 N–H and O–H groups in total. The number of benzene rings is 2. The van der Waals surface area contributed by atoms with Crippen LogP contribution in [0.4, 0.5) is 5.69 Å². The van der Waals surface area contributed by atoms with Gasteiger partial charge in [0.15, 0.2) is 0 Å². The van der Waals surface area contributed by atoms with Crippen molar-refractivity contribution in [3.05, 3.63) is 91.9 Å². The summed E-state index contributed by atoms with van der Waals surface area (Å²) in [6.45, 7) is 2.28. The van der Waals surface area contributed by atoms with Crippen molar-refractivity contribution in [3.63, 3.8) is 0 Å². The molecular formula is C21H18N2O5S. The number of thiazole rings is 1. The highest BCUT2D eigenvalue weighted by Crippen LogP contribution is 2.18. The van der Waals surface area contributed by atoms with Crippen molar-refractivity contribution in [3.8, 4) is 5.75 Å². The molecule has 8 heteroatoms. The zero-order valence-electron chi connectivity index (χ0n) is 15.6. The lowest BCUT2D eigenvalue weighted by Crippen LogP contribution is -2.01. The van der Waals surface area contributed by atoms with Gasteiger partial charge in [0.05, 0.1) is 15.6 Å². The molecule has 0 unspecified atom stereocenters. The van der Waals surface area contributed by atoms with Crippen molar-refractivity contribution < 1.29 is 19.2 Å². The Morgan fingerprint density at radius 3 is 2.79 bits per heavy atom. The van der Waals surface area contributed by atoms with Gasteiger partial charge in [-0.1, -0.05) is 24.3 Å². The summed E-state index contributed by atoms with van der Waals surface area (Å²) in [5.74, 6) is 0.128. The predicted molar refractivity (Wildman–Crippen MR) is 110 cm³/mol. The molecule has 3 aromatic rings. The van der Waals surface area contributed by atoms with Crippen molar-refractivity contribution in [2.45, 2.75) is 20.1 Å². The zero-order chi connectivity index (χ0) is 20.6. The second-order valence-corrected chi connectivity index (χ2v) is 7.15. The SMILES string of the molecule is Cc1nc(COc2cccc(/C=C/C(=O)OCc3cccc([N+](=O)[O-])c3)c2)cs1. The molecule has 0 saturated heterocycles. The van der Waals surface area contributed by atoms with E-state index in [4.69, 9.17) is 9.47 Å². The molecule has 0 atom stereocenters. The highest BCUT2D eigenvalue weighted by molar-refractivity contribution is 7.09. The molecule has 29 heavy (non-hydrogen) atoms. The van der Waals surface area contributed by atoms with Gasteiger partial charge in [-0.2, -0.15) is 0 Å². The van der Waals surface area contributed by atoms with Crippen LogP contribution in [-0.4, -0.2) is 15.9 Å². The Hall–Kier alpha value is -3.52. The van der Waals surface area contributed by atoms with E-state index in [0.29, 0.717) is 17.9 Å². The Balaban J connectivity index is 1.53. The summed E-state index contributed by atoms with van der Waals surface area (Å²) < 4.78 is 10.9. The number of nitro groups is 1. The third-order valence-corrected chi connectivity index (χ3v) is 4.65. The smallest absolute Gasteiger partial charge is 0.331 e. The van der Waals surface area contributed by atoms with Crippen LogP contribution in [-0.2, 0) is 22.7 Å². The van der Waals surface area contributed by atoms with Gasteiger partial charge in [-0.05, 0) is 36.3 Å². The van der Waals surface area contributed by atoms with E-state index in [0.717, 1.165) is 16.3 Å². The van der Waals surface area contributed by atoms with Crippen LogP contribution in [0, 0.1) is 17.0 Å². The second-order valence-electron chi connectivity index (χ2n) is 6.09. The van der Waals surface area contributed by atoms with E-state index >= 15 is 0 Å². The quantitative estimate of drug-likeness (QED) is 0.231. The molecule has 7 nitrogen and oxygen atoms in total.